The molecule has 1 saturated heterocycles. The molecule has 148 valence electrons. The summed E-state index contributed by atoms with van der Waals surface area (Å²) < 4.78 is 39.0. The van der Waals surface area contributed by atoms with E-state index in [1.54, 1.807) is 12.1 Å². The van der Waals surface area contributed by atoms with Crippen molar-refractivity contribution in [3.63, 3.8) is 0 Å². The summed E-state index contributed by atoms with van der Waals surface area (Å²) in [6, 6.07) is 8.57. The van der Waals surface area contributed by atoms with E-state index in [9.17, 15) is 18.4 Å². The Labute approximate surface area is 162 Å². The molecule has 0 bridgehead atoms. The van der Waals surface area contributed by atoms with E-state index in [1.807, 2.05) is 6.07 Å². The van der Waals surface area contributed by atoms with E-state index < -0.39 is 11.7 Å². The van der Waals surface area contributed by atoms with Crippen LogP contribution in [0.3, 0.4) is 0 Å². The molecule has 0 saturated carbocycles. The SMILES string of the molecule is N#Cc1nc(CCCN2CCCNCC2)cc(-c2cccc(C(F)(F)F)c2)n1. The molecule has 0 atom stereocenters. The molecular weight excluding hydrogens is 367 g/mol. The summed E-state index contributed by atoms with van der Waals surface area (Å²) in [5.41, 5.74) is 0.602. The van der Waals surface area contributed by atoms with Gasteiger partial charge in [-0.05, 0) is 57.1 Å². The molecule has 2 aromatic rings. The second-order valence-corrected chi connectivity index (χ2v) is 6.81. The Morgan fingerprint density at radius 1 is 1.14 bits per heavy atom. The first-order valence-electron chi connectivity index (χ1n) is 9.34. The first kappa shape index (κ1) is 20.2. The average Bonchev–Trinajstić information content (AvgIpc) is 2.96. The smallest absolute Gasteiger partial charge is 0.315 e. The lowest BCUT2D eigenvalue weighted by atomic mass is 10.1. The molecule has 1 aromatic carbocycles. The molecule has 8 heteroatoms. The summed E-state index contributed by atoms with van der Waals surface area (Å²) in [5.74, 6) is -0.0242. The number of aryl methyl sites for hydroxylation is 1. The van der Waals surface area contributed by atoms with Crippen LogP contribution in [0, 0.1) is 11.3 Å². The number of halogens is 3. The van der Waals surface area contributed by atoms with Crippen LogP contribution in [0.4, 0.5) is 13.2 Å². The summed E-state index contributed by atoms with van der Waals surface area (Å²) in [5, 5.41) is 12.6. The lowest BCUT2D eigenvalue weighted by Crippen LogP contribution is -2.29. The minimum atomic E-state index is -4.42. The van der Waals surface area contributed by atoms with E-state index in [4.69, 9.17) is 0 Å². The van der Waals surface area contributed by atoms with Crippen molar-refractivity contribution in [1.29, 1.82) is 5.26 Å². The first-order chi connectivity index (χ1) is 13.5. The van der Waals surface area contributed by atoms with Gasteiger partial charge in [0.05, 0.1) is 11.3 Å². The minimum Gasteiger partial charge on any atom is -0.315 e. The minimum absolute atomic E-state index is 0.0242. The number of rotatable bonds is 5. The summed E-state index contributed by atoms with van der Waals surface area (Å²) >= 11 is 0. The highest BCUT2D eigenvalue weighted by Crippen LogP contribution is 2.31. The van der Waals surface area contributed by atoms with Crippen molar-refractivity contribution in [2.24, 2.45) is 0 Å². The zero-order valence-corrected chi connectivity index (χ0v) is 15.5. The third-order valence-electron chi connectivity index (χ3n) is 4.70. The zero-order chi connectivity index (χ0) is 20.0. The van der Waals surface area contributed by atoms with Crippen LogP contribution in [0.1, 0.15) is 29.9 Å². The van der Waals surface area contributed by atoms with Gasteiger partial charge < -0.3 is 10.2 Å². The van der Waals surface area contributed by atoms with Crippen LogP contribution >= 0.6 is 0 Å². The van der Waals surface area contributed by atoms with Crippen molar-refractivity contribution in [2.75, 3.05) is 32.7 Å². The van der Waals surface area contributed by atoms with Crippen LogP contribution in [0.15, 0.2) is 30.3 Å². The van der Waals surface area contributed by atoms with Crippen molar-refractivity contribution in [2.45, 2.75) is 25.4 Å². The van der Waals surface area contributed by atoms with Crippen molar-refractivity contribution in [3.8, 4) is 17.3 Å². The van der Waals surface area contributed by atoms with Crippen molar-refractivity contribution >= 4 is 0 Å². The Balaban J connectivity index is 1.74. The van der Waals surface area contributed by atoms with Crippen LogP contribution in [0.5, 0.6) is 0 Å². The largest absolute Gasteiger partial charge is 0.416 e. The fourth-order valence-electron chi connectivity index (χ4n) is 3.29. The van der Waals surface area contributed by atoms with E-state index in [0.29, 0.717) is 23.4 Å². The van der Waals surface area contributed by atoms with Crippen LogP contribution in [0.25, 0.3) is 11.3 Å². The van der Waals surface area contributed by atoms with E-state index in [-0.39, 0.29) is 5.82 Å². The standard InChI is InChI=1S/C20H22F3N5/c21-20(22,23)16-5-1-4-15(12-16)18-13-17(26-19(14-24)27-18)6-2-9-28-10-3-7-25-8-11-28/h1,4-5,12-13,25H,2-3,6-11H2. The molecule has 0 spiro atoms. The van der Waals surface area contributed by atoms with E-state index in [1.165, 1.54) is 6.07 Å². The van der Waals surface area contributed by atoms with Gasteiger partial charge in [-0.2, -0.15) is 18.4 Å². The van der Waals surface area contributed by atoms with Crippen molar-refractivity contribution < 1.29 is 13.2 Å². The van der Waals surface area contributed by atoms with Gasteiger partial charge in [-0.25, -0.2) is 9.97 Å². The quantitative estimate of drug-likeness (QED) is 0.850. The van der Waals surface area contributed by atoms with Crippen LogP contribution in [0.2, 0.25) is 0 Å². The summed E-state index contributed by atoms with van der Waals surface area (Å²) in [6.45, 7) is 4.99. The number of aromatic nitrogens is 2. The summed E-state index contributed by atoms with van der Waals surface area (Å²) in [7, 11) is 0. The Hall–Kier alpha value is -2.50. The van der Waals surface area contributed by atoms with E-state index >= 15 is 0 Å². The predicted molar refractivity (Wildman–Crippen MR) is 99.4 cm³/mol. The number of nitrogens with zero attached hydrogens (tertiary/aromatic N) is 4. The van der Waals surface area contributed by atoms with Crippen molar-refractivity contribution in [1.82, 2.24) is 20.2 Å². The van der Waals surface area contributed by atoms with Gasteiger partial charge in [0.1, 0.15) is 6.07 Å². The molecule has 0 unspecified atom stereocenters. The molecule has 0 aliphatic carbocycles. The lowest BCUT2D eigenvalue weighted by Gasteiger charge is -2.19. The van der Waals surface area contributed by atoms with E-state index in [0.717, 1.165) is 57.7 Å². The van der Waals surface area contributed by atoms with Gasteiger partial charge in [0.15, 0.2) is 0 Å². The maximum absolute atomic E-state index is 13.0. The topological polar surface area (TPSA) is 64.8 Å². The van der Waals surface area contributed by atoms with Gasteiger partial charge in [0.25, 0.3) is 0 Å². The number of nitriles is 1. The Kier molecular flexibility index (Phi) is 6.60. The highest BCUT2D eigenvalue weighted by molar-refractivity contribution is 5.61. The molecule has 2 heterocycles. The van der Waals surface area contributed by atoms with Gasteiger partial charge >= 0.3 is 6.18 Å². The van der Waals surface area contributed by atoms with Gasteiger partial charge in [-0.1, -0.05) is 12.1 Å². The molecule has 0 amide bonds. The molecule has 28 heavy (non-hydrogen) atoms. The maximum Gasteiger partial charge on any atom is 0.416 e. The summed E-state index contributed by atoms with van der Waals surface area (Å²) in [4.78, 5) is 10.7. The summed E-state index contributed by atoms with van der Waals surface area (Å²) in [6.07, 6.45) is -1.80. The van der Waals surface area contributed by atoms with Gasteiger partial charge in [0, 0.05) is 24.3 Å². The number of hydrogen-bond donors (Lipinski definition) is 1. The predicted octanol–water partition coefficient (Wildman–Crippen LogP) is 3.26. The molecule has 0 radical (unpaired) electrons. The van der Waals surface area contributed by atoms with Gasteiger partial charge in [-0.15, -0.1) is 0 Å². The van der Waals surface area contributed by atoms with E-state index in [2.05, 4.69) is 20.2 Å². The molecule has 1 fully saturated rings. The second kappa shape index (κ2) is 9.13. The molecule has 3 rings (SSSR count). The molecule has 1 aliphatic heterocycles. The molecule has 1 N–H and O–H groups in total. The van der Waals surface area contributed by atoms with Gasteiger partial charge in [-0.3, -0.25) is 0 Å². The zero-order valence-electron chi connectivity index (χ0n) is 15.5. The molecule has 1 aromatic heterocycles. The third kappa shape index (κ3) is 5.50. The Morgan fingerprint density at radius 3 is 2.79 bits per heavy atom. The van der Waals surface area contributed by atoms with Crippen LogP contribution in [-0.2, 0) is 12.6 Å². The molecule has 1 aliphatic rings. The fourth-order valence-corrected chi connectivity index (χ4v) is 3.29. The van der Waals surface area contributed by atoms with Crippen LogP contribution in [-0.4, -0.2) is 47.6 Å². The maximum atomic E-state index is 13.0. The Bertz CT molecular complexity index is 836. The normalized spacial score (nSPS) is 15.8. The molecular formula is C20H22F3N5. The first-order valence-corrected chi connectivity index (χ1v) is 9.34. The fraction of sp³-hybridized carbons (Fsp3) is 0.450. The second-order valence-electron chi connectivity index (χ2n) is 6.81. The average molecular weight is 389 g/mol. The highest BCUT2D eigenvalue weighted by Gasteiger charge is 2.30. The molecule has 5 nitrogen and oxygen atoms in total. The Morgan fingerprint density at radius 2 is 2.00 bits per heavy atom. The van der Waals surface area contributed by atoms with Gasteiger partial charge in [0.2, 0.25) is 5.82 Å². The third-order valence-corrected chi connectivity index (χ3v) is 4.70. The number of hydrogen-bond acceptors (Lipinski definition) is 5. The number of nitrogens with one attached hydrogen (secondary N) is 1. The number of alkyl halides is 3. The van der Waals surface area contributed by atoms with Crippen LogP contribution < -0.4 is 5.32 Å². The monoisotopic (exact) mass is 389 g/mol. The number of benzene rings is 1. The highest BCUT2D eigenvalue weighted by atomic mass is 19.4. The van der Waals surface area contributed by atoms with Crippen molar-refractivity contribution in [3.05, 3.63) is 47.4 Å². The lowest BCUT2D eigenvalue weighted by molar-refractivity contribution is -0.137.